The van der Waals surface area contributed by atoms with Gasteiger partial charge in [-0.25, -0.2) is 10.8 Å². The molecule has 0 amide bonds. The van der Waals surface area contributed by atoms with E-state index >= 15 is 0 Å². The third kappa shape index (κ3) is 3.96. The van der Waals surface area contributed by atoms with E-state index in [0.29, 0.717) is 12.0 Å². The number of aryl methyl sites for hydroxylation is 1. The van der Waals surface area contributed by atoms with Gasteiger partial charge in [-0.05, 0) is 32.3 Å². The number of nitrogens with one attached hydrogen (secondary N) is 2. The van der Waals surface area contributed by atoms with E-state index in [1.807, 2.05) is 0 Å². The van der Waals surface area contributed by atoms with Crippen LogP contribution in [0.5, 0.6) is 0 Å². The summed E-state index contributed by atoms with van der Waals surface area (Å²) in [5.41, 5.74) is 5.19. The molecule has 1 aromatic rings. The molecular weight excluding hydrogens is 236 g/mol. The molecule has 1 aliphatic rings. The van der Waals surface area contributed by atoms with Crippen LogP contribution in [-0.4, -0.2) is 12.0 Å². The van der Waals surface area contributed by atoms with Gasteiger partial charge >= 0.3 is 0 Å². The largest absolute Gasteiger partial charge is 0.349 e. The van der Waals surface area contributed by atoms with E-state index in [1.165, 1.54) is 36.8 Å². The molecule has 1 unspecified atom stereocenters. The van der Waals surface area contributed by atoms with E-state index in [0.717, 1.165) is 0 Å². The molecule has 0 radical (unpaired) electrons. The number of benzene rings is 1. The Morgan fingerprint density at radius 2 is 1.89 bits per heavy atom. The van der Waals surface area contributed by atoms with Crippen molar-refractivity contribution in [1.29, 1.82) is 0 Å². The van der Waals surface area contributed by atoms with Crippen molar-refractivity contribution < 1.29 is 0 Å². The van der Waals surface area contributed by atoms with Gasteiger partial charge in [-0.15, -0.1) is 0 Å². The summed E-state index contributed by atoms with van der Waals surface area (Å²) in [5.74, 6) is 6.25. The van der Waals surface area contributed by atoms with Crippen LogP contribution in [0.2, 0.25) is 0 Å². The van der Waals surface area contributed by atoms with Crippen LogP contribution in [0, 0.1) is 6.92 Å². The lowest BCUT2D eigenvalue weighted by molar-refractivity contribution is 0.653. The molecular formula is C15H24N4. The molecule has 1 aromatic carbocycles. The first-order valence-corrected chi connectivity index (χ1v) is 7.06. The van der Waals surface area contributed by atoms with Crippen LogP contribution in [0.25, 0.3) is 0 Å². The maximum absolute atomic E-state index is 5.56. The van der Waals surface area contributed by atoms with Crippen molar-refractivity contribution in [2.75, 3.05) is 0 Å². The van der Waals surface area contributed by atoms with Crippen molar-refractivity contribution >= 4 is 5.96 Å². The molecule has 1 fully saturated rings. The first-order chi connectivity index (χ1) is 9.19. The number of hydrogen-bond acceptors (Lipinski definition) is 2. The Morgan fingerprint density at radius 1 is 1.26 bits per heavy atom. The maximum Gasteiger partial charge on any atom is 0.206 e. The fourth-order valence-corrected chi connectivity index (χ4v) is 2.48. The Balaban J connectivity index is 1.99. The summed E-state index contributed by atoms with van der Waals surface area (Å²) in [4.78, 5) is 4.65. The number of aliphatic imine (C=N–C) groups is 1. The number of nitrogens with two attached hydrogens (primary N) is 1. The lowest BCUT2D eigenvalue weighted by atomic mass is 10.1. The first-order valence-electron chi connectivity index (χ1n) is 7.06. The highest BCUT2D eigenvalue weighted by atomic mass is 15.3. The number of nitrogens with zero attached hydrogens (tertiary/aromatic N) is 1. The summed E-state index contributed by atoms with van der Waals surface area (Å²) in [6, 6.07) is 9.13. The highest BCUT2D eigenvalue weighted by Gasteiger charge is 2.15. The number of guanidine groups is 1. The molecule has 19 heavy (non-hydrogen) atoms. The van der Waals surface area contributed by atoms with E-state index in [9.17, 15) is 0 Å². The van der Waals surface area contributed by atoms with Crippen LogP contribution in [0.1, 0.15) is 49.8 Å². The Morgan fingerprint density at radius 3 is 2.47 bits per heavy atom. The van der Waals surface area contributed by atoms with Gasteiger partial charge in [-0.1, -0.05) is 42.7 Å². The minimum absolute atomic E-state index is 0.191. The average molecular weight is 260 g/mol. The summed E-state index contributed by atoms with van der Waals surface area (Å²) < 4.78 is 0. The van der Waals surface area contributed by atoms with Gasteiger partial charge in [0.25, 0.3) is 0 Å². The summed E-state index contributed by atoms with van der Waals surface area (Å²) >= 11 is 0. The second kappa shape index (κ2) is 6.57. The van der Waals surface area contributed by atoms with E-state index in [1.54, 1.807) is 0 Å². The van der Waals surface area contributed by atoms with Crippen molar-refractivity contribution in [2.24, 2.45) is 10.8 Å². The van der Waals surface area contributed by atoms with Crippen LogP contribution < -0.4 is 16.6 Å². The zero-order valence-corrected chi connectivity index (χ0v) is 11.8. The minimum atomic E-state index is 0.191. The third-order valence-corrected chi connectivity index (χ3v) is 3.70. The summed E-state index contributed by atoms with van der Waals surface area (Å²) in [6.45, 7) is 4.21. The molecule has 1 atom stereocenters. The van der Waals surface area contributed by atoms with Crippen molar-refractivity contribution in [1.82, 2.24) is 10.7 Å². The van der Waals surface area contributed by atoms with E-state index in [4.69, 9.17) is 5.84 Å². The normalized spacial score (nSPS) is 18.4. The zero-order chi connectivity index (χ0) is 13.7. The number of hydrazine groups is 1. The van der Waals surface area contributed by atoms with Gasteiger partial charge in [0.2, 0.25) is 5.96 Å². The van der Waals surface area contributed by atoms with Gasteiger partial charge in [0.1, 0.15) is 0 Å². The van der Waals surface area contributed by atoms with Crippen molar-refractivity contribution in [3.05, 3.63) is 35.4 Å². The molecule has 1 saturated carbocycles. The lowest BCUT2D eigenvalue weighted by Crippen LogP contribution is -2.43. The van der Waals surface area contributed by atoms with Crippen LogP contribution in [0.15, 0.2) is 29.3 Å². The highest BCUT2D eigenvalue weighted by molar-refractivity contribution is 5.79. The Kier molecular flexibility index (Phi) is 4.80. The first kappa shape index (κ1) is 13.9. The fraction of sp³-hybridized carbons (Fsp3) is 0.533. The van der Waals surface area contributed by atoms with E-state index in [-0.39, 0.29) is 6.04 Å². The second-order valence-electron chi connectivity index (χ2n) is 5.34. The molecule has 0 saturated heterocycles. The van der Waals surface area contributed by atoms with Crippen LogP contribution >= 0.6 is 0 Å². The molecule has 0 aromatic heterocycles. The standard InChI is InChI=1S/C15H24N4/c1-11-7-9-13(10-8-11)12(2)17-15(19-16)18-14-5-3-4-6-14/h7-10,12,14H,3-6,16H2,1-2H3,(H2,17,18,19). The van der Waals surface area contributed by atoms with Crippen molar-refractivity contribution in [3.8, 4) is 0 Å². The highest BCUT2D eigenvalue weighted by Crippen LogP contribution is 2.21. The molecule has 2 rings (SSSR count). The van der Waals surface area contributed by atoms with Gasteiger partial charge in [0.05, 0.1) is 12.1 Å². The predicted molar refractivity (Wildman–Crippen MR) is 79.7 cm³/mol. The lowest BCUT2D eigenvalue weighted by Gasteiger charge is -2.18. The Hall–Kier alpha value is -1.55. The molecule has 104 valence electrons. The van der Waals surface area contributed by atoms with E-state index in [2.05, 4.69) is 53.8 Å². The number of rotatable bonds is 3. The van der Waals surface area contributed by atoms with Crippen molar-refractivity contribution in [3.63, 3.8) is 0 Å². The molecule has 4 heteroatoms. The second-order valence-corrected chi connectivity index (χ2v) is 5.34. The molecule has 0 heterocycles. The van der Waals surface area contributed by atoms with E-state index < -0.39 is 0 Å². The van der Waals surface area contributed by atoms with Crippen LogP contribution in [0.3, 0.4) is 0 Å². The molecule has 4 N–H and O–H groups in total. The zero-order valence-electron chi connectivity index (χ0n) is 11.8. The maximum atomic E-state index is 5.56. The van der Waals surface area contributed by atoms with Gasteiger partial charge in [-0.2, -0.15) is 0 Å². The van der Waals surface area contributed by atoms with Gasteiger partial charge in [0.15, 0.2) is 0 Å². The summed E-state index contributed by atoms with van der Waals surface area (Å²) in [6.07, 6.45) is 4.90. The molecule has 4 nitrogen and oxygen atoms in total. The Labute approximate surface area is 115 Å². The molecule has 1 aliphatic carbocycles. The smallest absolute Gasteiger partial charge is 0.206 e. The Bertz CT molecular complexity index is 418. The summed E-state index contributed by atoms with van der Waals surface area (Å²) in [7, 11) is 0. The SMILES string of the molecule is Cc1ccc(C(C)NC(=NC2CCCC2)NN)cc1. The summed E-state index contributed by atoms with van der Waals surface area (Å²) in [5, 5.41) is 3.34. The monoisotopic (exact) mass is 260 g/mol. The van der Waals surface area contributed by atoms with Crippen LogP contribution in [0.4, 0.5) is 0 Å². The van der Waals surface area contributed by atoms with Crippen molar-refractivity contribution in [2.45, 2.75) is 51.6 Å². The average Bonchev–Trinajstić information content (AvgIpc) is 2.91. The van der Waals surface area contributed by atoms with Gasteiger partial charge in [0, 0.05) is 0 Å². The third-order valence-electron chi connectivity index (χ3n) is 3.70. The predicted octanol–water partition coefficient (Wildman–Crippen LogP) is 2.41. The quantitative estimate of drug-likeness (QED) is 0.338. The number of hydrogen-bond donors (Lipinski definition) is 3. The molecule has 0 spiro atoms. The minimum Gasteiger partial charge on any atom is -0.349 e. The van der Waals surface area contributed by atoms with Crippen LogP contribution in [-0.2, 0) is 0 Å². The topological polar surface area (TPSA) is 62.4 Å². The fourth-order valence-electron chi connectivity index (χ4n) is 2.48. The van der Waals surface area contributed by atoms with Gasteiger partial charge in [-0.3, -0.25) is 5.43 Å². The van der Waals surface area contributed by atoms with Gasteiger partial charge < -0.3 is 5.32 Å². The molecule has 0 bridgehead atoms. The molecule has 0 aliphatic heterocycles.